The average Bonchev–Trinajstić information content (AvgIpc) is 3.03. The molecule has 1 amide bonds. The van der Waals surface area contributed by atoms with Gasteiger partial charge in [-0.05, 0) is 88.8 Å². The summed E-state index contributed by atoms with van der Waals surface area (Å²) in [6.45, 7) is 6.02. The maximum absolute atomic E-state index is 13.6. The van der Waals surface area contributed by atoms with Crippen molar-refractivity contribution in [1.29, 1.82) is 0 Å². The van der Waals surface area contributed by atoms with Gasteiger partial charge in [0.1, 0.15) is 18.9 Å². The lowest BCUT2D eigenvalue weighted by Crippen LogP contribution is -2.39. The van der Waals surface area contributed by atoms with Crippen LogP contribution in [0, 0.1) is 6.92 Å². The zero-order chi connectivity index (χ0) is 31.1. The minimum absolute atomic E-state index is 0.107. The van der Waals surface area contributed by atoms with E-state index in [0.717, 1.165) is 31.9 Å². The van der Waals surface area contributed by atoms with E-state index in [-0.39, 0.29) is 10.8 Å². The van der Waals surface area contributed by atoms with E-state index in [1.807, 2.05) is 61.5 Å². The van der Waals surface area contributed by atoms with Crippen molar-refractivity contribution in [2.75, 3.05) is 10.8 Å². The molecule has 0 fully saturated rings. The molecule has 0 saturated carbocycles. The number of nitrogens with zero attached hydrogens (tertiary/aromatic N) is 2. The number of carbonyl (C=O) groups is 1. The van der Waals surface area contributed by atoms with E-state index < -0.39 is 22.5 Å². The van der Waals surface area contributed by atoms with Gasteiger partial charge in [0.25, 0.3) is 15.9 Å². The Morgan fingerprint density at radius 3 is 2.25 bits per heavy atom. The Bertz CT molecular complexity index is 1860. The Morgan fingerprint density at radius 1 is 0.864 bits per heavy atom. The number of sulfonamides is 1. The lowest BCUT2D eigenvalue weighted by Gasteiger charge is -2.24. The number of aryl methyl sites for hydroxylation is 1. The van der Waals surface area contributed by atoms with Crippen LogP contribution in [-0.2, 0) is 21.4 Å². The second kappa shape index (κ2) is 13.6. The summed E-state index contributed by atoms with van der Waals surface area (Å²) in [4.78, 5) is 13.0. The van der Waals surface area contributed by atoms with E-state index in [1.165, 1.54) is 11.6 Å². The standard InChI is InChI=1S/C36H35N3O4S/c1-26(2)29-15-17-32(18-16-29)39(44(41,42)34-21-11-27(3)12-22-34)24-36(40)38-37-23-28-13-19-33(20-14-28)43-25-31-9-6-8-30-7-4-5-10-35(30)31/h4-23,26H,24-25H2,1-3H3,(H,38,40)/b37-23-. The van der Waals surface area contributed by atoms with Crippen LogP contribution in [0.3, 0.4) is 0 Å². The first-order chi connectivity index (χ1) is 21.2. The average molecular weight is 606 g/mol. The molecule has 44 heavy (non-hydrogen) atoms. The monoisotopic (exact) mass is 605 g/mol. The fraction of sp³-hybridized carbons (Fsp3) is 0.167. The molecule has 0 saturated heterocycles. The number of benzene rings is 5. The smallest absolute Gasteiger partial charge is 0.264 e. The fourth-order valence-electron chi connectivity index (χ4n) is 4.75. The van der Waals surface area contributed by atoms with Crippen molar-refractivity contribution in [3.05, 3.63) is 138 Å². The van der Waals surface area contributed by atoms with Crippen molar-refractivity contribution in [3.63, 3.8) is 0 Å². The van der Waals surface area contributed by atoms with E-state index in [9.17, 15) is 13.2 Å². The molecule has 7 nitrogen and oxygen atoms in total. The number of rotatable bonds is 11. The highest BCUT2D eigenvalue weighted by Gasteiger charge is 2.27. The number of ether oxygens (including phenoxy) is 1. The van der Waals surface area contributed by atoms with Gasteiger partial charge in [0, 0.05) is 0 Å². The number of amides is 1. The molecule has 1 N–H and O–H groups in total. The number of fused-ring (bicyclic) bond motifs is 1. The van der Waals surface area contributed by atoms with Gasteiger partial charge < -0.3 is 4.74 Å². The van der Waals surface area contributed by atoms with Gasteiger partial charge >= 0.3 is 0 Å². The number of nitrogens with one attached hydrogen (secondary N) is 1. The van der Waals surface area contributed by atoms with Crippen LogP contribution < -0.4 is 14.5 Å². The Kier molecular flexibility index (Phi) is 9.41. The largest absolute Gasteiger partial charge is 0.489 e. The summed E-state index contributed by atoms with van der Waals surface area (Å²) in [7, 11) is -4.01. The van der Waals surface area contributed by atoms with Crippen LogP contribution in [0.4, 0.5) is 5.69 Å². The van der Waals surface area contributed by atoms with E-state index in [4.69, 9.17) is 4.74 Å². The zero-order valence-corrected chi connectivity index (χ0v) is 25.8. The van der Waals surface area contributed by atoms with Crippen molar-refractivity contribution < 1.29 is 17.9 Å². The molecule has 0 unspecified atom stereocenters. The van der Waals surface area contributed by atoms with Gasteiger partial charge in [0.05, 0.1) is 16.8 Å². The maximum Gasteiger partial charge on any atom is 0.264 e. The third-order valence-corrected chi connectivity index (χ3v) is 9.09. The van der Waals surface area contributed by atoms with Crippen LogP contribution in [0.15, 0.2) is 125 Å². The molecule has 0 heterocycles. The Balaban J connectivity index is 1.24. The van der Waals surface area contributed by atoms with Crippen LogP contribution in [0.25, 0.3) is 10.8 Å². The molecule has 5 rings (SSSR count). The highest BCUT2D eigenvalue weighted by molar-refractivity contribution is 7.92. The number of hydrazone groups is 1. The summed E-state index contributed by atoms with van der Waals surface area (Å²) in [5, 5.41) is 6.39. The van der Waals surface area contributed by atoms with E-state index in [2.05, 4.69) is 48.6 Å². The van der Waals surface area contributed by atoms with Crippen LogP contribution in [-0.4, -0.2) is 27.1 Å². The predicted molar refractivity (Wildman–Crippen MR) is 177 cm³/mol. The van der Waals surface area contributed by atoms with Crippen LogP contribution >= 0.6 is 0 Å². The minimum Gasteiger partial charge on any atom is -0.489 e. The summed E-state index contributed by atoms with van der Waals surface area (Å²) < 4.78 is 34.4. The fourth-order valence-corrected chi connectivity index (χ4v) is 6.17. The number of hydrogen-bond acceptors (Lipinski definition) is 5. The molecule has 0 radical (unpaired) electrons. The molecule has 0 aliphatic heterocycles. The highest BCUT2D eigenvalue weighted by Crippen LogP contribution is 2.26. The second-order valence-electron chi connectivity index (χ2n) is 10.9. The normalized spacial score (nSPS) is 11.6. The Morgan fingerprint density at radius 2 is 1.55 bits per heavy atom. The van der Waals surface area contributed by atoms with Crippen LogP contribution in [0.2, 0.25) is 0 Å². The lowest BCUT2D eigenvalue weighted by molar-refractivity contribution is -0.119. The first kappa shape index (κ1) is 30.5. The third kappa shape index (κ3) is 7.33. The van der Waals surface area contributed by atoms with Gasteiger partial charge in [-0.25, -0.2) is 13.8 Å². The quantitative estimate of drug-likeness (QED) is 0.127. The first-order valence-electron chi connectivity index (χ1n) is 14.4. The zero-order valence-electron chi connectivity index (χ0n) is 25.0. The number of hydrogen-bond donors (Lipinski definition) is 1. The SMILES string of the molecule is Cc1ccc(S(=O)(=O)N(CC(=O)N/N=C\c2ccc(OCc3cccc4ccccc34)cc2)c2ccc(C(C)C)cc2)cc1. The molecule has 0 aliphatic rings. The molecule has 8 heteroatoms. The molecule has 0 atom stereocenters. The van der Waals surface area contributed by atoms with Crippen molar-refractivity contribution in [1.82, 2.24) is 5.43 Å². The summed E-state index contributed by atoms with van der Waals surface area (Å²) in [6.07, 6.45) is 1.50. The first-order valence-corrected chi connectivity index (χ1v) is 15.9. The van der Waals surface area contributed by atoms with Crippen molar-refractivity contribution in [2.45, 2.75) is 38.2 Å². The number of carbonyl (C=O) groups excluding carboxylic acids is 1. The summed E-state index contributed by atoms with van der Waals surface area (Å²) in [5.74, 6) is 0.424. The van der Waals surface area contributed by atoms with Gasteiger partial charge in [0.15, 0.2) is 0 Å². The van der Waals surface area contributed by atoms with E-state index >= 15 is 0 Å². The Labute approximate surface area is 258 Å². The van der Waals surface area contributed by atoms with Crippen LogP contribution in [0.1, 0.15) is 42.0 Å². The molecule has 5 aromatic carbocycles. The molecule has 0 spiro atoms. The minimum atomic E-state index is -4.01. The maximum atomic E-state index is 13.6. The van der Waals surface area contributed by atoms with Crippen molar-refractivity contribution >= 4 is 38.6 Å². The van der Waals surface area contributed by atoms with Gasteiger partial charge in [-0.3, -0.25) is 9.10 Å². The molecule has 0 bridgehead atoms. The van der Waals surface area contributed by atoms with Gasteiger partial charge in [0.2, 0.25) is 0 Å². The molecule has 224 valence electrons. The molecule has 5 aromatic rings. The Hall–Kier alpha value is -4.95. The predicted octanol–water partition coefficient (Wildman–Crippen LogP) is 7.20. The van der Waals surface area contributed by atoms with Crippen LogP contribution in [0.5, 0.6) is 5.75 Å². The molecule has 0 aromatic heterocycles. The summed E-state index contributed by atoms with van der Waals surface area (Å²) in [5.41, 5.74) is 6.72. The highest BCUT2D eigenvalue weighted by atomic mass is 32.2. The van der Waals surface area contributed by atoms with Crippen molar-refractivity contribution in [2.24, 2.45) is 5.10 Å². The summed E-state index contributed by atoms with van der Waals surface area (Å²) >= 11 is 0. The van der Waals surface area contributed by atoms with Gasteiger partial charge in [-0.2, -0.15) is 5.10 Å². The van der Waals surface area contributed by atoms with Gasteiger partial charge in [-0.1, -0.05) is 86.1 Å². The molecular weight excluding hydrogens is 570 g/mol. The van der Waals surface area contributed by atoms with Gasteiger partial charge in [-0.15, -0.1) is 0 Å². The topological polar surface area (TPSA) is 88.1 Å². The molecular formula is C36H35N3O4S. The second-order valence-corrected chi connectivity index (χ2v) is 12.7. The van der Waals surface area contributed by atoms with Crippen molar-refractivity contribution in [3.8, 4) is 5.75 Å². The van der Waals surface area contributed by atoms with E-state index in [1.54, 1.807) is 36.4 Å². The lowest BCUT2D eigenvalue weighted by atomic mass is 10.0. The van der Waals surface area contributed by atoms with E-state index in [0.29, 0.717) is 18.0 Å². The molecule has 0 aliphatic carbocycles. The number of anilines is 1. The third-order valence-electron chi connectivity index (χ3n) is 7.30. The summed E-state index contributed by atoms with van der Waals surface area (Å²) in [6, 6.07) is 35.5.